The van der Waals surface area contributed by atoms with E-state index in [1.165, 1.54) is 18.6 Å². The quantitative estimate of drug-likeness (QED) is 0.778. The van der Waals surface area contributed by atoms with Crippen LogP contribution in [0.5, 0.6) is 0 Å². The summed E-state index contributed by atoms with van der Waals surface area (Å²) in [6, 6.07) is 1.22. The van der Waals surface area contributed by atoms with Crippen LogP contribution in [0.15, 0.2) is 16.3 Å². The van der Waals surface area contributed by atoms with E-state index < -0.39 is 16.0 Å². The molecule has 6 nitrogen and oxygen atoms in total. The fourth-order valence-corrected chi connectivity index (χ4v) is 4.94. The van der Waals surface area contributed by atoms with Crippen LogP contribution in [0.3, 0.4) is 0 Å². The highest BCUT2D eigenvalue weighted by Gasteiger charge is 2.31. The fraction of sp³-hybridized carbons (Fsp3) is 0.583. The van der Waals surface area contributed by atoms with Crippen LogP contribution in [0.25, 0.3) is 0 Å². The predicted molar refractivity (Wildman–Crippen MR) is 83.4 cm³/mol. The number of methoxy groups -OCH3 is 1. The first-order chi connectivity index (χ1) is 9.47. The van der Waals surface area contributed by atoms with E-state index >= 15 is 0 Å². The van der Waals surface area contributed by atoms with Crippen molar-refractivity contribution in [2.45, 2.75) is 30.2 Å². The molecular formula is C12H19ClN2O4S2. The van der Waals surface area contributed by atoms with Crippen molar-refractivity contribution >= 4 is 39.7 Å². The normalized spacial score (nSPS) is 21.8. The zero-order valence-electron chi connectivity index (χ0n) is 11.6. The second-order valence-corrected chi connectivity index (χ2v) is 7.42. The van der Waals surface area contributed by atoms with Crippen molar-refractivity contribution in [3.8, 4) is 0 Å². The van der Waals surface area contributed by atoms with Gasteiger partial charge in [0.2, 0.25) is 10.0 Å². The van der Waals surface area contributed by atoms with Gasteiger partial charge in [0.05, 0.1) is 12.0 Å². The average Bonchev–Trinajstić information content (AvgIpc) is 3.06. The number of esters is 1. The molecule has 3 N–H and O–H groups in total. The Morgan fingerprint density at radius 3 is 2.86 bits per heavy atom. The summed E-state index contributed by atoms with van der Waals surface area (Å²) in [5, 5.41) is 1.45. The smallest absolute Gasteiger partial charge is 0.348 e. The Balaban J connectivity index is 0.00000220. The third-order valence-electron chi connectivity index (χ3n) is 3.54. The van der Waals surface area contributed by atoms with Crippen molar-refractivity contribution in [2.24, 2.45) is 11.7 Å². The SMILES string of the molecule is COC(=O)c1cc(S(=O)(=O)NC2CCCC2CN)cs1.Cl. The van der Waals surface area contributed by atoms with E-state index in [0.717, 1.165) is 30.6 Å². The second-order valence-electron chi connectivity index (χ2n) is 4.79. The van der Waals surface area contributed by atoms with Crippen LogP contribution in [0, 0.1) is 5.92 Å². The molecule has 120 valence electrons. The van der Waals surface area contributed by atoms with E-state index in [1.54, 1.807) is 0 Å². The van der Waals surface area contributed by atoms with Gasteiger partial charge in [-0.25, -0.2) is 17.9 Å². The predicted octanol–water partition coefficient (Wildman–Crippen LogP) is 1.36. The molecule has 0 bridgehead atoms. The molecule has 0 aromatic carbocycles. The summed E-state index contributed by atoms with van der Waals surface area (Å²) in [4.78, 5) is 11.7. The van der Waals surface area contributed by atoms with Gasteiger partial charge in [0.25, 0.3) is 0 Å². The molecule has 1 heterocycles. The molecule has 2 rings (SSSR count). The van der Waals surface area contributed by atoms with Crippen molar-refractivity contribution < 1.29 is 17.9 Å². The van der Waals surface area contributed by atoms with Crippen LogP contribution in [0.1, 0.15) is 28.9 Å². The third-order valence-corrected chi connectivity index (χ3v) is 6.07. The highest BCUT2D eigenvalue weighted by atomic mass is 35.5. The number of thiophene rings is 1. The van der Waals surface area contributed by atoms with Crippen LogP contribution >= 0.6 is 23.7 Å². The van der Waals surface area contributed by atoms with Gasteiger partial charge in [0.1, 0.15) is 4.88 Å². The van der Waals surface area contributed by atoms with E-state index in [9.17, 15) is 13.2 Å². The molecular weight excluding hydrogens is 336 g/mol. The van der Waals surface area contributed by atoms with Gasteiger partial charge in [-0.2, -0.15) is 0 Å². The number of ether oxygens (including phenoxy) is 1. The molecule has 2 atom stereocenters. The Bertz CT molecular complexity index is 588. The van der Waals surface area contributed by atoms with Gasteiger partial charge in [0, 0.05) is 11.4 Å². The molecule has 21 heavy (non-hydrogen) atoms. The lowest BCUT2D eigenvalue weighted by molar-refractivity contribution is 0.0606. The molecule has 1 aromatic rings. The van der Waals surface area contributed by atoms with Crippen molar-refractivity contribution in [3.63, 3.8) is 0 Å². The number of rotatable bonds is 5. The summed E-state index contributed by atoms with van der Waals surface area (Å²) >= 11 is 1.06. The minimum Gasteiger partial charge on any atom is -0.465 e. The number of carbonyl (C=O) groups excluding carboxylic acids is 1. The lowest BCUT2D eigenvalue weighted by atomic mass is 10.1. The molecule has 0 saturated heterocycles. The van der Waals surface area contributed by atoms with Gasteiger partial charge in [0.15, 0.2) is 0 Å². The minimum absolute atomic E-state index is 0. The van der Waals surface area contributed by atoms with E-state index in [-0.39, 0.29) is 34.1 Å². The average molecular weight is 355 g/mol. The zero-order valence-corrected chi connectivity index (χ0v) is 14.0. The molecule has 0 spiro atoms. The maximum Gasteiger partial charge on any atom is 0.348 e. The number of halogens is 1. The highest BCUT2D eigenvalue weighted by molar-refractivity contribution is 7.89. The van der Waals surface area contributed by atoms with Crippen molar-refractivity contribution in [1.29, 1.82) is 0 Å². The Morgan fingerprint density at radius 1 is 1.52 bits per heavy atom. The zero-order chi connectivity index (χ0) is 14.8. The highest BCUT2D eigenvalue weighted by Crippen LogP contribution is 2.27. The fourth-order valence-electron chi connectivity index (χ4n) is 2.41. The standard InChI is InChI=1S/C12H18N2O4S2.ClH/c1-18-12(15)11-5-9(7-19-11)20(16,17)14-10-4-2-3-8(10)6-13;/h5,7-8,10,14H,2-4,6,13H2,1H3;1H. The van der Waals surface area contributed by atoms with Crippen LogP contribution in [-0.4, -0.2) is 34.1 Å². The van der Waals surface area contributed by atoms with Crippen molar-refractivity contribution in [3.05, 3.63) is 16.3 Å². The summed E-state index contributed by atoms with van der Waals surface area (Å²) in [7, 11) is -2.35. The van der Waals surface area contributed by atoms with Crippen LogP contribution in [0.2, 0.25) is 0 Å². The first-order valence-electron chi connectivity index (χ1n) is 6.37. The molecule has 1 saturated carbocycles. The first kappa shape index (κ1) is 18.4. The van der Waals surface area contributed by atoms with Crippen LogP contribution in [0.4, 0.5) is 0 Å². The lowest BCUT2D eigenvalue weighted by Gasteiger charge is -2.18. The Kier molecular flexibility index (Phi) is 6.61. The molecule has 9 heteroatoms. The Hall–Kier alpha value is -0.670. The van der Waals surface area contributed by atoms with Gasteiger partial charge in [-0.15, -0.1) is 23.7 Å². The lowest BCUT2D eigenvalue weighted by Crippen LogP contribution is -2.39. The van der Waals surface area contributed by atoms with Crippen molar-refractivity contribution in [1.82, 2.24) is 4.72 Å². The minimum atomic E-state index is -3.61. The number of nitrogens with one attached hydrogen (secondary N) is 1. The molecule has 1 aliphatic rings. The number of sulfonamides is 1. The molecule has 1 fully saturated rings. The molecule has 1 aliphatic carbocycles. The van der Waals surface area contributed by atoms with Crippen LogP contribution < -0.4 is 10.5 Å². The van der Waals surface area contributed by atoms with E-state index in [1.807, 2.05) is 0 Å². The number of hydrogen-bond donors (Lipinski definition) is 2. The van der Waals surface area contributed by atoms with E-state index in [0.29, 0.717) is 6.54 Å². The van der Waals surface area contributed by atoms with Gasteiger partial charge in [-0.3, -0.25) is 0 Å². The largest absolute Gasteiger partial charge is 0.465 e. The number of carbonyl (C=O) groups is 1. The monoisotopic (exact) mass is 354 g/mol. The summed E-state index contributed by atoms with van der Waals surface area (Å²) in [5.41, 5.74) is 5.65. The molecule has 2 unspecified atom stereocenters. The van der Waals surface area contributed by atoms with Gasteiger partial charge >= 0.3 is 5.97 Å². The summed E-state index contributed by atoms with van der Waals surface area (Å²) in [6.45, 7) is 0.476. The molecule has 1 aromatic heterocycles. The van der Waals surface area contributed by atoms with Crippen LogP contribution in [-0.2, 0) is 14.8 Å². The van der Waals surface area contributed by atoms with Gasteiger partial charge < -0.3 is 10.5 Å². The van der Waals surface area contributed by atoms with E-state index in [2.05, 4.69) is 9.46 Å². The first-order valence-corrected chi connectivity index (χ1v) is 8.73. The summed E-state index contributed by atoms with van der Waals surface area (Å²) in [6.07, 6.45) is 2.72. The number of nitrogens with two attached hydrogens (primary N) is 1. The molecule has 0 radical (unpaired) electrons. The maximum atomic E-state index is 12.3. The van der Waals surface area contributed by atoms with Crippen molar-refractivity contribution in [2.75, 3.05) is 13.7 Å². The van der Waals surface area contributed by atoms with Gasteiger partial charge in [-0.05, 0) is 31.4 Å². The topological polar surface area (TPSA) is 98.5 Å². The molecule has 0 aliphatic heterocycles. The third kappa shape index (κ3) is 4.17. The molecule has 0 amide bonds. The Labute approximate surface area is 134 Å². The second kappa shape index (κ2) is 7.55. The number of hydrogen-bond acceptors (Lipinski definition) is 6. The Morgan fingerprint density at radius 2 is 2.24 bits per heavy atom. The van der Waals surface area contributed by atoms with Gasteiger partial charge in [-0.1, -0.05) is 6.42 Å². The summed E-state index contributed by atoms with van der Waals surface area (Å²) < 4.78 is 31.8. The van der Waals surface area contributed by atoms with E-state index in [4.69, 9.17) is 5.73 Å². The summed E-state index contributed by atoms with van der Waals surface area (Å²) in [5.74, 6) is -0.347. The maximum absolute atomic E-state index is 12.3.